The molecule has 0 aliphatic heterocycles. The van der Waals surface area contributed by atoms with Crippen LogP contribution in [0.1, 0.15) is 5.56 Å². The Hall–Kier alpha value is -1.45. The minimum atomic E-state index is 0.566. The molecule has 0 atom stereocenters. The van der Waals surface area contributed by atoms with Gasteiger partial charge in [0.2, 0.25) is 0 Å². The molecule has 0 saturated heterocycles. The SMILES string of the molecule is NNC(=S)c1ccc2ccccc2c1. The predicted octanol–water partition coefficient (Wildman–Crippen LogP) is 1.98. The van der Waals surface area contributed by atoms with E-state index < -0.39 is 0 Å². The highest BCUT2D eigenvalue weighted by Gasteiger charge is 1.99. The van der Waals surface area contributed by atoms with Crippen LogP contribution in [0.3, 0.4) is 0 Å². The second-order valence-corrected chi connectivity index (χ2v) is 3.44. The van der Waals surface area contributed by atoms with Crippen molar-refractivity contribution in [2.24, 2.45) is 5.84 Å². The first-order chi connectivity index (χ1) is 6.81. The lowest BCUT2D eigenvalue weighted by molar-refractivity contribution is 1.05. The smallest absolute Gasteiger partial charge is 0.120 e. The van der Waals surface area contributed by atoms with Gasteiger partial charge in [-0.15, -0.1) is 0 Å². The summed E-state index contributed by atoms with van der Waals surface area (Å²) in [5, 5.41) is 2.37. The van der Waals surface area contributed by atoms with Crippen LogP contribution in [-0.2, 0) is 0 Å². The molecular formula is C11H10N2S. The maximum Gasteiger partial charge on any atom is 0.120 e. The first-order valence-corrected chi connectivity index (χ1v) is 4.72. The molecule has 0 aliphatic rings. The molecule has 2 rings (SSSR count). The Bertz CT molecular complexity index is 479. The minimum absolute atomic E-state index is 0.566. The molecule has 14 heavy (non-hydrogen) atoms. The van der Waals surface area contributed by atoms with Crippen LogP contribution >= 0.6 is 12.2 Å². The van der Waals surface area contributed by atoms with Crippen molar-refractivity contribution < 1.29 is 0 Å². The van der Waals surface area contributed by atoms with Gasteiger partial charge in [-0.1, -0.05) is 48.6 Å². The number of hydrazine groups is 1. The van der Waals surface area contributed by atoms with E-state index in [2.05, 4.69) is 17.6 Å². The summed E-state index contributed by atoms with van der Waals surface area (Å²) in [4.78, 5) is 0.566. The van der Waals surface area contributed by atoms with Crippen molar-refractivity contribution in [2.75, 3.05) is 0 Å². The number of hydrogen-bond acceptors (Lipinski definition) is 2. The average molecular weight is 202 g/mol. The molecule has 0 unspecified atom stereocenters. The first-order valence-electron chi connectivity index (χ1n) is 4.31. The second-order valence-electron chi connectivity index (χ2n) is 3.04. The molecule has 2 nitrogen and oxygen atoms in total. The molecule has 0 radical (unpaired) electrons. The summed E-state index contributed by atoms with van der Waals surface area (Å²) in [7, 11) is 0. The fourth-order valence-electron chi connectivity index (χ4n) is 1.41. The summed E-state index contributed by atoms with van der Waals surface area (Å²) in [6, 6.07) is 14.2. The lowest BCUT2D eigenvalue weighted by atomic mass is 10.1. The third-order valence-electron chi connectivity index (χ3n) is 2.14. The maximum atomic E-state index is 5.26. The molecule has 0 heterocycles. The van der Waals surface area contributed by atoms with E-state index in [0.29, 0.717) is 4.99 Å². The summed E-state index contributed by atoms with van der Waals surface area (Å²) in [5.41, 5.74) is 3.42. The van der Waals surface area contributed by atoms with Gasteiger partial charge in [-0.25, -0.2) is 5.84 Å². The summed E-state index contributed by atoms with van der Waals surface area (Å²) < 4.78 is 0. The first kappa shape index (κ1) is 9.12. The quantitative estimate of drug-likeness (QED) is 0.422. The normalized spacial score (nSPS) is 10.1. The van der Waals surface area contributed by atoms with Gasteiger partial charge in [-0.3, -0.25) is 0 Å². The average Bonchev–Trinajstić information content (AvgIpc) is 2.27. The van der Waals surface area contributed by atoms with E-state index in [9.17, 15) is 0 Å². The van der Waals surface area contributed by atoms with Gasteiger partial charge < -0.3 is 5.43 Å². The van der Waals surface area contributed by atoms with Gasteiger partial charge in [0.05, 0.1) is 0 Å². The van der Waals surface area contributed by atoms with Crippen molar-refractivity contribution in [3.8, 4) is 0 Å². The lowest BCUT2D eigenvalue weighted by Gasteiger charge is -2.04. The van der Waals surface area contributed by atoms with Crippen LogP contribution in [0.2, 0.25) is 0 Å². The zero-order chi connectivity index (χ0) is 9.97. The van der Waals surface area contributed by atoms with Crippen LogP contribution in [0, 0.1) is 0 Å². The highest BCUT2D eigenvalue weighted by atomic mass is 32.1. The predicted molar refractivity (Wildman–Crippen MR) is 63.0 cm³/mol. The monoisotopic (exact) mass is 202 g/mol. The molecule has 0 bridgehead atoms. The molecule has 0 fully saturated rings. The molecular weight excluding hydrogens is 192 g/mol. The number of thiocarbonyl (C=S) groups is 1. The van der Waals surface area contributed by atoms with Crippen LogP contribution in [0.25, 0.3) is 10.8 Å². The molecule has 2 aromatic carbocycles. The molecule has 0 aliphatic carbocycles. The van der Waals surface area contributed by atoms with E-state index in [0.717, 1.165) is 5.56 Å². The van der Waals surface area contributed by atoms with Crippen LogP contribution in [0.4, 0.5) is 0 Å². The van der Waals surface area contributed by atoms with Crippen molar-refractivity contribution in [3.05, 3.63) is 48.0 Å². The molecule has 0 saturated carbocycles. The van der Waals surface area contributed by atoms with Gasteiger partial charge in [-0.05, 0) is 16.8 Å². The van der Waals surface area contributed by atoms with Gasteiger partial charge in [-0.2, -0.15) is 0 Å². The zero-order valence-corrected chi connectivity index (χ0v) is 8.34. The van der Waals surface area contributed by atoms with E-state index in [1.807, 2.05) is 30.3 Å². The van der Waals surface area contributed by atoms with Crippen molar-refractivity contribution in [3.63, 3.8) is 0 Å². The highest BCUT2D eigenvalue weighted by molar-refractivity contribution is 7.80. The Labute approximate surface area is 87.7 Å². The lowest BCUT2D eigenvalue weighted by Crippen LogP contribution is -2.28. The van der Waals surface area contributed by atoms with E-state index in [-0.39, 0.29) is 0 Å². The van der Waals surface area contributed by atoms with Gasteiger partial charge in [0.15, 0.2) is 0 Å². The minimum Gasteiger partial charge on any atom is -0.314 e. The number of nitrogens with one attached hydrogen (secondary N) is 1. The number of benzene rings is 2. The molecule has 3 N–H and O–H groups in total. The molecule has 0 aromatic heterocycles. The highest BCUT2D eigenvalue weighted by Crippen LogP contribution is 2.15. The van der Waals surface area contributed by atoms with Crippen LogP contribution in [0.15, 0.2) is 42.5 Å². The molecule has 3 heteroatoms. The molecule has 0 spiro atoms. The Morgan fingerprint density at radius 2 is 1.79 bits per heavy atom. The zero-order valence-electron chi connectivity index (χ0n) is 7.53. The van der Waals surface area contributed by atoms with Gasteiger partial charge in [0, 0.05) is 5.56 Å². The number of nitrogens with two attached hydrogens (primary N) is 1. The summed E-state index contributed by atoms with van der Waals surface area (Å²) in [6.45, 7) is 0. The fraction of sp³-hybridized carbons (Fsp3) is 0. The maximum absolute atomic E-state index is 5.26. The standard InChI is InChI=1S/C11H10N2S/c12-13-11(14)10-6-5-8-3-1-2-4-9(8)7-10/h1-7H,12H2,(H,13,14). The summed E-state index contributed by atoms with van der Waals surface area (Å²) >= 11 is 5.05. The van der Waals surface area contributed by atoms with E-state index in [4.69, 9.17) is 18.1 Å². The van der Waals surface area contributed by atoms with Crippen molar-refractivity contribution in [2.45, 2.75) is 0 Å². The van der Waals surface area contributed by atoms with Crippen molar-refractivity contribution in [1.29, 1.82) is 0 Å². The molecule has 70 valence electrons. The molecule has 0 amide bonds. The topological polar surface area (TPSA) is 38.0 Å². The van der Waals surface area contributed by atoms with Gasteiger partial charge >= 0.3 is 0 Å². The van der Waals surface area contributed by atoms with Crippen molar-refractivity contribution >= 4 is 28.0 Å². The Balaban J connectivity index is 2.56. The van der Waals surface area contributed by atoms with Crippen molar-refractivity contribution in [1.82, 2.24) is 5.43 Å². The Morgan fingerprint density at radius 3 is 2.50 bits per heavy atom. The Morgan fingerprint density at radius 1 is 1.07 bits per heavy atom. The Kier molecular flexibility index (Phi) is 2.43. The summed E-state index contributed by atoms with van der Waals surface area (Å²) in [5.74, 6) is 5.26. The van der Waals surface area contributed by atoms with Gasteiger partial charge in [0.25, 0.3) is 0 Å². The van der Waals surface area contributed by atoms with E-state index in [1.54, 1.807) is 0 Å². The van der Waals surface area contributed by atoms with E-state index in [1.165, 1.54) is 10.8 Å². The van der Waals surface area contributed by atoms with Crippen LogP contribution in [-0.4, -0.2) is 4.99 Å². The fourth-order valence-corrected chi connectivity index (χ4v) is 1.54. The van der Waals surface area contributed by atoms with Crippen LogP contribution in [0.5, 0.6) is 0 Å². The third kappa shape index (κ3) is 1.60. The number of hydrogen-bond donors (Lipinski definition) is 2. The number of rotatable bonds is 1. The molecule has 2 aromatic rings. The van der Waals surface area contributed by atoms with Gasteiger partial charge in [0.1, 0.15) is 4.99 Å². The second kappa shape index (κ2) is 3.74. The third-order valence-corrected chi connectivity index (χ3v) is 2.50. The number of fused-ring (bicyclic) bond motifs is 1. The largest absolute Gasteiger partial charge is 0.314 e. The van der Waals surface area contributed by atoms with E-state index >= 15 is 0 Å². The van der Waals surface area contributed by atoms with Crippen LogP contribution < -0.4 is 11.3 Å². The summed E-state index contributed by atoms with van der Waals surface area (Å²) in [6.07, 6.45) is 0.